The van der Waals surface area contributed by atoms with Gasteiger partial charge in [-0.05, 0) is 47.0 Å². The molecule has 0 radical (unpaired) electrons. The molecule has 3 aromatic rings. The molecule has 1 amide bonds. The second-order valence-corrected chi connectivity index (χ2v) is 8.43. The molecule has 178 valence electrons. The molecule has 0 N–H and O–H groups in total. The van der Waals surface area contributed by atoms with Gasteiger partial charge in [0.05, 0.1) is 33.5 Å². The molecule has 4 rings (SSSR count). The fraction of sp³-hybridized carbons (Fsp3) is 0.333. The largest absolute Gasteiger partial charge is 0.497 e. The minimum Gasteiger partial charge on any atom is -0.497 e. The van der Waals surface area contributed by atoms with Crippen LogP contribution in [-0.4, -0.2) is 60.6 Å². The Morgan fingerprint density at radius 2 is 1.50 bits per heavy atom. The molecule has 2 heterocycles. The van der Waals surface area contributed by atoms with Crippen LogP contribution in [0.1, 0.15) is 16.7 Å². The molecule has 1 atom stereocenters. The summed E-state index contributed by atoms with van der Waals surface area (Å²) in [4.78, 5) is 21.5. The van der Waals surface area contributed by atoms with E-state index in [0.717, 1.165) is 28.2 Å². The Bertz CT molecular complexity index is 1040. The number of carbonyl (C=O) groups excluding carboxylic acids is 1. The molecular weight excluding hydrogens is 430 g/mol. The number of pyridine rings is 1. The van der Waals surface area contributed by atoms with E-state index in [-0.39, 0.29) is 12.0 Å². The fourth-order valence-corrected chi connectivity index (χ4v) is 4.07. The third-order valence-corrected chi connectivity index (χ3v) is 5.90. The van der Waals surface area contributed by atoms with E-state index in [1.54, 1.807) is 20.4 Å². The predicted molar refractivity (Wildman–Crippen MR) is 129 cm³/mol. The summed E-state index contributed by atoms with van der Waals surface area (Å²) < 4.78 is 16.8. The number of nitrogens with zero attached hydrogens (tertiary/aromatic N) is 3. The Balaban J connectivity index is 1.48. The molecule has 0 aliphatic carbocycles. The lowest BCUT2D eigenvalue weighted by Crippen LogP contribution is -2.37. The number of benzene rings is 2. The molecule has 1 aliphatic heterocycles. The average Bonchev–Trinajstić information content (AvgIpc) is 3.02. The fourth-order valence-electron chi connectivity index (χ4n) is 4.07. The van der Waals surface area contributed by atoms with Gasteiger partial charge in [0.2, 0.25) is 5.91 Å². The van der Waals surface area contributed by atoms with E-state index in [1.165, 1.54) is 0 Å². The first kappa shape index (κ1) is 23.7. The van der Waals surface area contributed by atoms with Crippen molar-refractivity contribution in [3.05, 3.63) is 89.7 Å². The van der Waals surface area contributed by atoms with Crippen LogP contribution in [0.5, 0.6) is 11.5 Å². The standard InChI is InChI=1S/C27H31N3O4/c1-32-24-9-5-21(6-10-24)15-29-17-26(34-20-23-4-3-13-28-14-23)18-30(27(31)19-29)16-22-7-11-25(33-2)12-8-22/h3-14,26H,15-20H2,1-2H3. The SMILES string of the molecule is COc1ccc(CN2CC(=O)N(Cc3ccc(OC)cc3)CC(OCc3cccnc3)C2)cc1. The number of ether oxygens (including phenoxy) is 3. The van der Waals surface area contributed by atoms with Crippen molar-refractivity contribution < 1.29 is 19.0 Å². The topological polar surface area (TPSA) is 64.1 Å². The Kier molecular flexibility index (Phi) is 8.12. The lowest BCUT2D eigenvalue weighted by molar-refractivity contribution is -0.132. The van der Waals surface area contributed by atoms with E-state index in [2.05, 4.69) is 9.88 Å². The molecule has 34 heavy (non-hydrogen) atoms. The maximum atomic E-state index is 13.2. The molecule has 1 unspecified atom stereocenters. The predicted octanol–water partition coefficient (Wildman–Crippen LogP) is 3.53. The van der Waals surface area contributed by atoms with E-state index in [1.807, 2.05) is 71.8 Å². The van der Waals surface area contributed by atoms with Gasteiger partial charge < -0.3 is 19.1 Å². The summed E-state index contributed by atoms with van der Waals surface area (Å²) in [5, 5.41) is 0. The first-order valence-corrected chi connectivity index (χ1v) is 11.4. The Labute approximate surface area is 200 Å². The number of aromatic nitrogens is 1. The van der Waals surface area contributed by atoms with Gasteiger partial charge in [-0.25, -0.2) is 0 Å². The molecule has 7 heteroatoms. The molecule has 2 aromatic carbocycles. The zero-order valence-corrected chi connectivity index (χ0v) is 19.7. The summed E-state index contributed by atoms with van der Waals surface area (Å²) in [6.45, 7) is 3.20. The average molecular weight is 462 g/mol. The van der Waals surface area contributed by atoms with Crippen molar-refractivity contribution in [2.45, 2.75) is 25.8 Å². The van der Waals surface area contributed by atoms with E-state index in [0.29, 0.717) is 39.3 Å². The maximum absolute atomic E-state index is 13.2. The molecule has 1 fully saturated rings. The van der Waals surface area contributed by atoms with Crippen molar-refractivity contribution in [3.63, 3.8) is 0 Å². The van der Waals surface area contributed by atoms with Crippen molar-refractivity contribution in [2.75, 3.05) is 33.9 Å². The van der Waals surface area contributed by atoms with Crippen molar-refractivity contribution in [2.24, 2.45) is 0 Å². The Hall–Kier alpha value is -3.42. The smallest absolute Gasteiger partial charge is 0.237 e. The molecular formula is C27H31N3O4. The highest BCUT2D eigenvalue weighted by Gasteiger charge is 2.28. The number of carbonyl (C=O) groups is 1. The minimum atomic E-state index is -0.122. The van der Waals surface area contributed by atoms with Crippen LogP contribution >= 0.6 is 0 Å². The summed E-state index contributed by atoms with van der Waals surface area (Å²) in [6.07, 6.45) is 3.44. The van der Waals surface area contributed by atoms with Crippen LogP contribution < -0.4 is 9.47 Å². The lowest BCUT2D eigenvalue weighted by atomic mass is 10.2. The van der Waals surface area contributed by atoms with E-state index < -0.39 is 0 Å². The first-order chi connectivity index (χ1) is 16.6. The second kappa shape index (κ2) is 11.6. The van der Waals surface area contributed by atoms with Gasteiger partial charge >= 0.3 is 0 Å². The van der Waals surface area contributed by atoms with E-state index in [4.69, 9.17) is 14.2 Å². The Morgan fingerprint density at radius 1 is 0.853 bits per heavy atom. The first-order valence-electron chi connectivity index (χ1n) is 11.4. The van der Waals surface area contributed by atoms with E-state index in [9.17, 15) is 4.79 Å². The van der Waals surface area contributed by atoms with Gasteiger partial charge in [-0.3, -0.25) is 14.7 Å². The zero-order chi connectivity index (χ0) is 23.8. The normalized spacial score (nSPS) is 16.8. The maximum Gasteiger partial charge on any atom is 0.237 e. The van der Waals surface area contributed by atoms with Crippen LogP contribution in [0.3, 0.4) is 0 Å². The van der Waals surface area contributed by atoms with Crippen LogP contribution in [0.25, 0.3) is 0 Å². The van der Waals surface area contributed by atoms with Gasteiger partial charge in [0, 0.05) is 38.6 Å². The number of hydrogen-bond donors (Lipinski definition) is 0. The zero-order valence-electron chi connectivity index (χ0n) is 19.7. The van der Waals surface area contributed by atoms with Crippen molar-refractivity contribution in [1.29, 1.82) is 0 Å². The van der Waals surface area contributed by atoms with Gasteiger partial charge in [0.1, 0.15) is 11.5 Å². The number of amides is 1. The van der Waals surface area contributed by atoms with Crippen molar-refractivity contribution in [1.82, 2.24) is 14.8 Å². The van der Waals surface area contributed by atoms with Gasteiger partial charge in [-0.2, -0.15) is 0 Å². The molecule has 1 saturated heterocycles. The number of hydrogen-bond acceptors (Lipinski definition) is 6. The van der Waals surface area contributed by atoms with Gasteiger partial charge in [0.25, 0.3) is 0 Å². The third-order valence-electron chi connectivity index (χ3n) is 5.90. The van der Waals surface area contributed by atoms with Crippen LogP contribution in [0, 0.1) is 0 Å². The highest BCUT2D eigenvalue weighted by atomic mass is 16.5. The summed E-state index contributed by atoms with van der Waals surface area (Å²) in [7, 11) is 3.30. The van der Waals surface area contributed by atoms with E-state index >= 15 is 0 Å². The molecule has 0 spiro atoms. The van der Waals surface area contributed by atoms with Crippen molar-refractivity contribution >= 4 is 5.91 Å². The molecule has 0 bridgehead atoms. The van der Waals surface area contributed by atoms with Crippen LogP contribution in [0.2, 0.25) is 0 Å². The summed E-state index contributed by atoms with van der Waals surface area (Å²) in [6, 6.07) is 19.7. The number of methoxy groups -OCH3 is 2. The third kappa shape index (κ3) is 6.56. The van der Waals surface area contributed by atoms with Gasteiger partial charge in [0.15, 0.2) is 0 Å². The molecule has 1 aromatic heterocycles. The highest BCUT2D eigenvalue weighted by Crippen LogP contribution is 2.19. The quantitative estimate of drug-likeness (QED) is 0.486. The number of rotatable bonds is 9. The van der Waals surface area contributed by atoms with Gasteiger partial charge in [-0.1, -0.05) is 30.3 Å². The summed E-state index contributed by atoms with van der Waals surface area (Å²) >= 11 is 0. The van der Waals surface area contributed by atoms with Crippen LogP contribution in [0.4, 0.5) is 0 Å². The molecule has 7 nitrogen and oxygen atoms in total. The molecule has 1 aliphatic rings. The van der Waals surface area contributed by atoms with Crippen LogP contribution in [-0.2, 0) is 29.2 Å². The van der Waals surface area contributed by atoms with Gasteiger partial charge in [-0.15, -0.1) is 0 Å². The monoisotopic (exact) mass is 461 g/mol. The summed E-state index contributed by atoms with van der Waals surface area (Å²) in [5.41, 5.74) is 3.20. The van der Waals surface area contributed by atoms with Crippen molar-refractivity contribution in [3.8, 4) is 11.5 Å². The lowest BCUT2D eigenvalue weighted by Gasteiger charge is -2.25. The second-order valence-electron chi connectivity index (χ2n) is 8.43. The summed E-state index contributed by atoms with van der Waals surface area (Å²) in [5.74, 6) is 1.71. The Morgan fingerprint density at radius 3 is 2.09 bits per heavy atom. The minimum absolute atomic E-state index is 0.0943. The molecule has 0 saturated carbocycles. The highest BCUT2D eigenvalue weighted by molar-refractivity contribution is 5.78. The van der Waals surface area contributed by atoms with Crippen LogP contribution in [0.15, 0.2) is 73.1 Å².